The molecule has 1 fully saturated rings. The van der Waals surface area contributed by atoms with E-state index in [9.17, 15) is 4.79 Å². The van der Waals surface area contributed by atoms with Crippen molar-refractivity contribution in [3.05, 3.63) is 42.7 Å². The molecule has 3 heterocycles. The van der Waals surface area contributed by atoms with Crippen LogP contribution in [0.5, 0.6) is 5.75 Å². The maximum absolute atomic E-state index is 12.0. The number of esters is 1. The number of carbonyl (C=O) groups excluding carboxylic acids is 1. The first-order chi connectivity index (χ1) is 14.4. The minimum absolute atomic E-state index is 0.250. The first kappa shape index (κ1) is 20.5. The van der Waals surface area contributed by atoms with Gasteiger partial charge in [0.1, 0.15) is 11.4 Å². The predicted octanol–water partition coefficient (Wildman–Crippen LogP) is 4.49. The quantitative estimate of drug-likeness (QED) is 0.462. The van der Waals surface area contributed by atoms with E-state index in [1.165, 1.54) is 32.4 Å². The first-order valence-electron chi connectivity index (χ1n) is 10.8. The number of pyridine rings is 1. The molecule has 1 aromatic carbocycles. The molecule has 6 heteroatoms. The Morgan fingerprint density at radius 3 is 2.37 bits per heavy atom. The molecule has 6 nitrogen and oxygen atoms in total. The lowest BCUT2D eigenvalue weighted by Crippen LogP contribution is -2.32. The molecule has 0 aromatic heterocycles. The maximum atomic E-state index is 12.0. The summed E-state index contributed by atoms with van der Waals surface area (Å²) in [7, 11) is 0. The van der Waals surface area contributed by atoms with Gasteiger partial charge in [-0.3, -0.25) is 4.79 Å². The van der Waals surface area contributed by atoms with Crippen LogP contribution in [0.2, 0.25) is 0 Å². The van der Waals surface area contributed by atoms with E-state index < -0.39 is 5.41 Å². The van der Waals surface area contributed by atoms with Crippen LogP contribution in [0.15, 0.2) is 42.7 Å². The molecular weight excluding hydrogens is 376 g/mol. The van der Waals surface area contributed by atoms with Gasteiger partial charge < -0.3 is 14.2 Å². The fraction of sp³-hybridized carbons (Fsp3) is 0.458. The van der Waals surface area contributed by atoms with Gasteiger partial charge in [-0.2, -0.15) is 0 Å². The van der Waals surface area contributed by atoms with Crippen LogP contribution in [0.4, 0.5) is 0 Å². The average molecular weight is 407 g/mol. The van der Waals surface area contributed by atoms with E-state index in [4.69, 9.17) is 9.72 Å². The Morgan fingerprint density at radius 1 is 0.967 bits per heavy atom. The molecule has 0 atom stereocenters. The van der Waals surface area contributed by atoms with Crippen molar-refractivity contribution in [1.82, 2.24) is 19.4 Å². The van der Waals surface area contributed by atoms with Crippen molar-refractivity contribution in [2.24, 2.45) is 5.41 Å². The Hall–Kier alpha value is -2.73. The summed E-state index contributed by atoms with van der Waals surface area (Å²) in [5.41, 5.74) is 2.16. The number of ether oxygens (including phenoxy) is 1. The van der Waals surface area contributed by atoms with Crippen LogP contribution in [0, 0.1) is 5.41 Å². The lowest BCUT2D eigenvalue weighted by molar-refractivity contribution is -0.142. The van der Waals surface area contributed by atoms with Crippen molar-refractivity contribution in [3.63, 3.8) is 0 Å². The number of imidazole rings is 1. The molecule has 30 heavy (non-hydrogen) atoms. The van der Waals surface area contributed by atoms with Crippen LogP contribution < -0.4 is 4.74 Å². The van der Waals surface area contributed by atoms with Crippen molar-refractivity contribution in [2.75, 3.05) is 19.6 Å². The minimum atomic E-state index is -0.533. The second-order valence-corrected chi connectivity index (χ2v) is 9.07. The largest absolute Gasteiger partial charge is 0.426 e. The standard InChI is InChI=1S/C24H30N4O2/c1-24(2,3)23(29)30-19-9-7-18(8-10-19)22-25-20-11-14-28(17-21(20)26-22)16-15-27-12-5-4-6-13-27/h7-11,14,17H,4-6,12-13,15-16H2,1-3H3. The lowest BCUT2D eigenvalue weighted by Gasteiger charge is -2.26. The molecule has 0 unspecified atom stereocenters. The maximum Gasteiger partial charge on any atom is 0.316 e. The van der Waals surface area contributed by atoms with Gasteiger partial charge in [-0.1, -0.05) is 6.42 Å². The van der Waals surface area contributed by atoms with Crippen LogP contribution in [0.25, 0.3) is 22.8 Å². The summed E-state index contributed by atoms with van der Waals surface area (Å²) >= 11 is 0. The summed E-state index contributed by atoms with van der Waals surface area (Å²) in [6, 6.07) is 9.40. The molecule has 0 aliphatic carbocycles. The zero-order valence-corrected chi connectivity index (χ0v) is 18.1. The zero-order chi connectivity index (χ0) is 21.1. The molecule has 0 saturated carbocycles. The normalized spacial score (nSPS) is 15.4. The van der Waals surface area contributed by atoms with E-state index in [1.807, 2.05) is 39.0 Å². The Balaban J connectivity index is 1.44. The fourth-order valence-electron chi connectivity index (χ4n) is 3.59. The Kier molecular flexibility index (Phi) is 5.86. The van der Waals surface area contributed by atoms with Gasteiger partial charge in [-0.25, -0.2) is 9.97 Å². The van der Waals surface area contributed by atoms with Gasteiger partial charge in [0.15, 0.2) is 5.82 Å². The van der Waals surface area contributed by atoms with Crippen LogP contribution >= 0.6 is 0 Å². The highest BCUT2D eigenvalue weighted by Crippen LogP contribution is 2.27. The lowest BCUT2D eigenvalue weighted by atomic mass is 9.97. The molecule has 0 amide bonds. The van der Waals surface area contributed by atoms with Crippen LogP contribution in [-0.4, -0.2) is 45.0 Å². The van der Waals surface area contributed by atoms with Crippen LogP contribution in [0.1, 0.15) is 40.0 Å². The summed E-state index contributed by atoms with van der Waals surface area (Å²) in [6.07, 6.45) is 8.15. The summed E-state index contributed by atoms with van der Waals surface area (Å²) in [5.74, 6) is 0.970. The fourth-order valence-corrected chi connectivity index (χ4v) is 3.59. The predicted molar refractivity (Wildman–Crippen MR) is 117 cm³/mol. The molecule has 3 aliphatic heterocycles. The molecule has 0 radical (unpaired) electrons. The highest BCUT2D eigenvalue weighted by atomic mass is 16.5. The number of hydrogen-bond acceptors (Lipinski definition) is 5. The number of hydrogen-bond donors (Lipinski definition) is 0. The molecule has 4 rings (SSSR count). The Labute approximate surface area is 178 Å². The monoisotopic (exact) mass is 406 g/mol. The summed E-state index contributed by atoms with van der Waals surface area (Å²) in [5, 5.41) is 0. The van der Waals surface area contributed by atoms with Crippen molar-refractivity contribution >= 4 is 5.97 Å². The zero-order valence-electron chi connectivity index (χ0n) is 18.1. The Bertz CT molecular complexity index is 966. The van der Waals surface area contributed by atoms with Crippen molar-refractivity contribution in [3.8, 4) is 28.5 Å². The van der Waals surface area contributed by atoms with Crippen molar-refractivity contribution in [2.45, 2.75) is 46.6 Å². The molecule has 158 valence electrons. The number of rotatable bonds is 5. The molecular formula is C24H30N4O2. The van der Waals surface area contributed by atoms with Crippen molar-refractivity contribution < 1.29 is 9.53 Å². The third-order valence-electron chi connectivity index (χ3n) is 5.49. The van der Waals surface area contributed by atoms with E-state index in [2.05, 4.69) is 26.8 Å². The van der Waals surface area contributed by atoms with Crippen LogP contribution in [0.3, 0.4) is 0 Å². The summed E-state index contributed by atoms with van der Waals surface area (Å²) in [6.45, 7) is 9.98. The van der Waals surface area contributed by atoms with Gasteiger partial charge in [-0.15, -0.1) is 0 Å². The van der Waals surface area contributed by atoms with Gasteiger partial charge in [0.2, 0.25) is 0 Å². The van der Waals surface area contributed by atoms with Gasteiger partial charge >= 0.3 is 5.97 Å². The van der Waals surface area contributed by atoms with E-state index >= 15 is 0 Å². The molecule has 1 saturated heterocycles. The number of fused-ring (bicyclic) bond motifs is 1. The van der Waals surface area contributed by atoms with E-state index in [-0.39, 0.29) is 5.97 Å². The van der Waals surface area contributed by atoms with Crippen molar-refractivity contribution in [1.29, 1.82) is 0 Å². The van der Waals surface area contributed by atoms with Gasteiger partial charge in [0, 0.05) is 31.0 Å². The third kappa shape index (κ3) is 4.87. The molecule has 0 spiro atoms. The number of piperidine rings is 1. The van der Waals surface area contributed by atoms with Crippen LogP contribution in [-0.2, 0) is 11.3 Å². The Morgan fingerprint density at radius 2 is 1.67 bits per heavy atom. The summed E-state index contributed by atoms with van der Waals surface area (Å²) in [4.78, 5) is 24.0. The van der Waals surface area contributed by atoms with E-state index in [0.717, 1.165) is 30.0 Å². The average Bonchev–Trinajstić information content (AvgIpc) is 3.16. The molecule has 0 bridgehead atoms. The number of carbonyl (C=O) groups is 1. The van der Waals surface area contributed by atoms with Gasteiger partial charge in [0.25, 0.3) is 0 Å². The molecule has 0 N–H and O–H groups in total. The number of benzene rings is 1. The molecule has 1 aromatic rings. The second-order valence-electron chi connectivity index (χ2n) is 9.07. The highest BCUT2D eigenvalue weighted by molar-refractivity contribution is 5.78. The first-order valence-corrected chi connectivity index (χ1v) is 10.8. The number of likely N-dealkylation sites (tertiary alicyclic amines) is 1. The van der Waals surface area contributed by atoms with Gasteiger partial charge in [0.05, 0.1) is 11.1 Å². The second kappa shape index (κ2) is 8.56. The highest BCUT2D eigenvalue weighted by Gasteiger charge is 2.23. The topological polar surface area (TPSA) is 60.2 Å². The molecule has 3 aliphatic rings. The smallest absolute Gasteiger partial charge is 0.316 e. The van der Waals surface area contributed by atoms with E-state index in [1.54, 1.807) is 12.1 Å². The third-order valence-corrected chi connectivity index (χ3v) is 5.49. The SMILES string of the molecule is CC(C)(C)C(=O)Oc1ccc(-c2nc3ccn(CCN4CCCCC4)cc-3n2)cc1. The minimum Gasteiger partial charge on any atom is -0.426 e. The van der Waals surface area contributed by atoms with E-state index in [0.29, 0.717) is 11.6 Å². The number of aromatic nitrogens is 3. The number of nitrogens with zero attached hydrogens (tertiary/aromatic N) is 4. The summed E-state index contributed by atoms with van der Waals surface area (Å²) < 4.78 is 7.63. The van der Waals surface area contributed by atoms with Gasteiger partial charge in [-0.05, 0) is 77.0 Å².